The van der Waals surface area contributed by atoms with Crippen LogP contribution in [0.25, 0.3) is 0 Å². The number of nitrogens with one attached hydrogen (secondary N) is 1. The van der Waals surface area contributed by atoms with Gasteiger partial charge in [0.25, 0.3) is 0 Å². The number of guanidine groups is 1. The first-order valence-electron chi connectivity index (χ1n) is 10.9. The molecule has 1 saturated heterocycles. The smallest absolute Gasteiger partial charge is 0.194 e. The molecule has 1 N–H and O–H groups in total. The Morgan fingerprint density at radius 2 is 2.24 bits per heavy atom. The lowest BCUT2D eigenvalue weighted by atomic mass is 9.73. The van der Waals surface area contributed by atoms with Crippen LogP contribution in [0.4, 0.5) is 0 Å². The van der Waals surface area contributed by atoms with E-state index >= 15 is 0 Å². The fourth-order valence-electron chi connectivity index (χ4n) is 4.59. The molecule has 0 radical (unpaired) electrons. The normalized spacial score (nSPS) is 22.6. The molecule has 0 spiro atoms. The van der Waals surface area contributed by atoms with Crippen molar-refractivity contribution in [1.29, 1.82) is 0 Å². The number of aliphatic imine (C=N–C) groups is 1. The predicted octanol–water partition coefficient (Wildman–Crippen LogP) is 3.72. The number of nitrogens with zero attached hydrogens (tertiary/aromatic N) is 4. The Balaban J connectivity index is 1.52. The maximum Gasteiger partial charge on any atom is 0.194 e. The van der Waals surface area contributed by atoms with Crippen molar-refractivity contribution in [1.82, 2.24) is 20.0 Å². The molecule has 2 fully saturated rings. The van der Waals surface area contributed by atoms with E-state index in [1.165, 1.54) is 37.0 Å². The summed E-state index contributed by atoms with van der Waals surface area (Å²) in [5.41, 5.74) is 1.35. The molecule has 29 heavy (non-hydrogen) atoms. The molecular formula is C22H33N5OS. The predicted molar refractivity (Wildman–Crippen MR) is 119 cm³/mol. The highest BCUT2D eigenvalue weighted by Crippen LogP contribution is 2.41. The first-order valence-corrected chi connectivity index (χ1v) is 11.8. The van der Waals surface area contributed by atoms with Gasteiger partial charge in [-0.1, -0.05) is 25.3 Å². The van der Waals surface area contributed by atoms with Crippen LogP contribution in [0.2, 0.25) is 0 Å². The summed E-state index contributed by atoms with van der Waals surface area (Å²) in [6.07, 6.45) is 10.5. The van der Waals surface area contributed by atoms with Crippen LogP contribution in [-0.4, -0.2) is 53.4 Å². The standard InChI is InChI=1S/C22H33N5OS/c1-3-23-21(27-11-12-28-19(16-27)18-14-25-26(2)15-18)24-17-22(9-5-4-6-10-22)20-8-7-13-29-20/h7-8,13-15,19H,3-6,9-12,16-17H2,1-2H3,(H,23,24). The highest BCUT2D eigenvalue weighted by molar-refractivity contribution is 7.10. The summed E-state index contributed by atoms with van der Waals surface area (Å²) in [4.78, 5) is 9.05. The number of morpholine rings is 1. The second-order valence-electron chi connectivity index (χ2n) is 8.24. The van der Waals surface area contributed by atoms with Gasteiger partial charge in [-0.05, 0) is 31.2 Å². The third kappa shape index (κ3) is 4.67. The number of rotatable bonds is 5. The summed E-state index contributed by atoms with van der Waals surface area (Å²) in [6.45, 7) is 6.27. The van der Waals surface area contributed by atoms with Gasteiger partial charge in [-0.25, -0.2) is 0 Å². The van der Waals surface area contributed by atoms with Gasteiger partial charge < -0.3 is 15.0 Å². The van der Waals surface area contributed by atoms with Gasteiger partial charge in [0.15, 0.2) is 5.96 Å². The average Bonchev–Trinajstić information content (AvgIpc) is 3.44. The molecule has 1 aliphatic heterocycles. The SMILES string of the molecule is CCNC(=NCC1(c2cccs2)CCCCC1)N1CCOC(c2cnn(C)c2)C1. The first-order chi connectivity index (χ1) is 14.2. The maximum atomic E-state index is 6.03. The summed E-state index contributed by atoms with van der Waals surface area (Å²) in [5.74, 6) is 1.02. The van der Waals surface area contributed by atoms with E-state index in [-0.39, 0.29) is 11.5 Å². The van der Waals surface area contributed by atoms with Crippen LogP contribution in [0.5, 0.6) is 0 Å². The van der Waals surface area contributed by atoms with Crippen LogP contribution in [0, 0.1) is 0 Å². The lowest BCUT2D eigenvalue weighted by molar-refractivity contribution is -0.00808. The summed E-state index contributed by atoms with van der Waals surface area (Å²) in [7, 11) is 1.95. The minimum atomic E-state index is 0.0437. The van der Waals surface area contributed by atoms with Crippen molar-refractivity contribution in [2.45, 2.75) is 50.5 Å². The van der Waals surface area contributed by atoms with Crippen molar-refractivity contribution in [2.75, 3.05) is 32.8 Å². The number of hydrogen-bond acceptors (Lipinski definition) is 4. The number of aryl methyl sites for hydroxylation is 1. The molecule has 1 saturated carbocycles. The second kappa shape index (κ2) is 9.30. The fraction of sp³-hybridized carbons (Fsp3) is 0.636. The van der Waals surface area contributed by atoms with Crippen LogP contribution in [0.15, 0.2) is 34.9 Å². The third-order valence-electron chi connectivity index (χ3n) is 6.18. The molecule has 1 unspecified atom stereocenters. The highest BCUT2D eigenvalue weighted by atomic mass is 32.1. The molecule has 4 rings (SSSR count). The van der Waals surface area contributed by atoms with E-state index in [2.05, 4.69) is 39.8 Å². The Morgan fingerprint density at radius 1 is 1.38 bits per heavy atom. The van der Waals surface area contributed by atoms with Crippen LogP contribution < -0.4 is 5.32 Å². The van der Waals surface area contributed by atoms with Gasteiger partial charge in [0.2, 0.25) is 0 Å². The zero-order valence-corrected chi connectivity index (χ0v) is 18.5. The zero-order valence-electron chi connectivity index (χ0n) is 17.6. The molecule has 0 aromatic carbocycles. The Labute approximate surface area is 178 Å². The minimum Gasteiger partial charge on any atom is -0.370 e. The summed E-state index contributed by atoms with van der Waals surface area (Å²) in [5, 5.41) is 10.1. The molecule has 0 amide bonds. The van der Waals surface area contributed by atoms with Crippen LogP contribution in [-0.2, 0) is 17.2 Å². The third-order valence-corrected chi connectivity index (χ3v) is 7.30. The highest BCUT2D eigenvalue weighted by Gasteiger charge is 2.35. The molecule has 6 nitrogen and oxygen atoms in total. The number of aromatic nitrogens is 2. The van der Waals surface area contributed by atoms with E-state index in [1.807, 2.05) is 35.5 Å². The van der Waals surface area contributed by atoms with Crippen molar-refractivity contribution < 1.29 is 4.74 Å². The van der Waals surface area contributed by atoms with Gasteiger partial charge in [-0.2, -0.15) is 5.10 Å². The fourth-order valence-corrected chi connectivity index (χ4v) is 5.57. The molecule has 2 aliphatic rings. The Hall–Kier alpha value is -1.86. The minimum absolute atomic E-state index is 0.0437. The van der Waals surface area contributed by atoms with Crippen molar-refractivity contribution in [3.8, 4) is 0 Å². The molecular weight excluding hydrogens is 382 g/mol. The van der Waals surface area contributed by atoms with Gasteiger partial charge in [0, 0.05) is 42.2 Å². The number of hydrogen-bond donors (Lipinski definition) is 1. The van der Waals surface area contributed by atoms with Gasteiger partial charge in [0.05, 0.1) is 25.9 Å². The van der Waals surface area contributed by atoms with E-state index in [1.54, 1.807) is 0 Å². The molecule has 1 aliphatic carbocycles. The Bertz CT molecular complexity index is 794. The van der Waals surface area contributed by atoms with Gasteiger partial charge in [-0.15, -0.1) is 11.3 Å². The summed E-state index contributed by atoms with van der Waals surface area (Å²) in [6, 6.07) is 4.50. The quantitative estimate of drug-likeness (QED) is 0.597. The molecule has 2 aromatic rings. The topological polar surface area (TPSA) is 54.7 Å². The molecule has 158 valence electrons. The van der Waals surface area contributed by atoms with Crippen LogP contribution in [0.3, 0.4) is 0 Å². The number of ether oxygens (including phenoxy) is 1. The average molecular weight is 416 g/mol. The molecule has 3 heterocycles. The van der Waals surface area contributed by atoms with Gasteiger partial charge in [-0.3, -0.25) is 9.67 Å². The van der Waals surface area contributed by atoms with Crippen molar-refractivity contribution in [3.63, 3.8) is 0 Å². The lowest BCUT2D eigenvalue weighted by Crippen LogP contribution is -2.48. The number of thiophene rings is 1. The molecule has 0 bridgehead atoms. The summed E-state index contributed by atoms with van der Waals surface area (Å²) >= 11 is 1.90. The van der Waals surface area contributed by atoms with E-state index in [0.29, 0.717) is 6.61 Å². The van der Waals surface area contributed by atoms with E-state index in [9.17, 15) is 0 Å². The molecule has 7 heteroatoms. The Kier molecular flexibility index (Phi) is 6.55. The van der Waals surface area contributed by atoms with Gasteiger partial charge >= 0.3 is 0 Å². The monoisotopic (exact) mass is 415 g/mol. The van der Waals surface area contributed by atoms with Crippen LogP contribution in [0.1, 0.15) is 55.6 Å². The lowest BCUT2D eigenvalue weighted by Gasteiger charge is -2.37. The first kappa shape index (κ1) is 20.4. The van der Waals surface area contributed by atoms with Gasteiger partial charge in [0.1, 0.15) is 6.10 Å². The largest absolute Gasteiger partial charge is 0.370 e. The van der Waals surface area contributed by atoms with Crippen LogP contribution >= 0.6 is 11.3 Å². The molecule has 1 atom stereocenters. The van der Waals surface area contributed by atoms with E-state index < -0.39 is 0 Å². The Morgan fingerprint density at radius 3 is 2.93 bits per heavy atom. The van der Waals surface area contributed by atoms with E-state index in [0.717, 1.165) is 37.7 Å². The van der Waals surface area contributed by atoms with E-state index in [4.69, 9.17) is 9.73 Å². The second-order valence-corrected chi connectivity index (χ2v) is 9.19. The zero-order chi connectivity index (χ0) is 20.1. The van der Waals surface area contributed by atoms with Crippen molar-refractivity contribution in [2.24, 2.45) is 12.0 Å². The maximum absolute atomic E-state index is 6.03. The summed E-state index contributed by atoms with van der Waals surface area (Å²) < 4.78 is 7.87. The van der Waals surface area contributed by atoms with Crippen molar-refractivity contribution in [3.05, 3.63) is 40.3 Å². The van der Waals surface area contributed by atoms with Crippen molar-refractivity contribution >= 4 is 17.3 Å². The molecule has 2 aromatic heterocycles.